The number of halogens is 4. The third-order valence-corrected chi connectivity index (χ3v) is 4.27. The van der Waals surface area contributed by atoms with Gasteiger partial charge in [-0.2, -0.15) is 13.2 Å². The van der Waals surface area contributed by atoms with Crippen LogP contribution in [-0.2, 0) is 16.2 Å². The van der Waals surface area contributed by atoms with E-state index >= 15 is 0 Å². The molecule has 0 aromatic heterocycles. The van der Waals surface area contributed by atoms with Crippen LogP contribution in [0.25, 0.3) is 0 Å². The van der Waals surface area contributed by atoms with Gasteiger partial charge in [0.25, 0.3) is 10.0 Å². The van der Waals surface area contributed by atoms with Crippen molar-refractivity contribution in [1.29, 1.82) is 0 Å². The average Bonchev–Trinajstić information content (AvgIpc) is 2.42. The molecule has 0 aliphatic heterocycles. The molecule has 0 spiro atoms. The van der Waals surface area contributed by atoms with Crippen LogP contribution in [0.1, 0.15) is 5.56 Å². The fourth-order valence-corrected chi connectivity index (χ4v) is 2.92. The summed E-state index contributed by atoms with van der Waals surface area (Å²) in [5.74, 6) is -0.403. The summed E-state index contributed by atoms with van der Waals surface area (Å²) in [6.07, 6.45) is -4.66. The van der Waals surface area contributed by atoms with E-state index in [4.69, 9.17) is 11.6 Å². The molecule has 9 heteroatoms. The van der Waals surface area contributed by atoms with E-state index in [1.807, 2.05) is 4.72 Å². The van der Waals surface area contributed by atoms with Crippen LogP contribution in [0, 0.1) is 0 Å². The Morgan fingerprint density at radius 3 is 2.41 bits per heavy atom. The van der Waals surface area contributed by atoms with E-state index in [0.717, 1.165) is 30.3 Å². The second kappa shape index (κ2) is 5.69. The molecule has 22 heavy (non-hydrogen) atoms. The zero-order valence-electron chi connectivity index (χ0n) is 10.7. The molecule has 0 aliphatic carbocycles. The van der Waals surface area contributed by atoms with E-state index in [0.29, 0.717) is 6.07 Å². The monoisotopic (exact) mass is 351 g/mol. The summed E-state index contributed by atoms with van der Waals surface area (Å²) in [7, 11) is -4.30. The Kier molecular flexibility index (Phi) is 4.25. The molecule has 2 aromatic carbocycles. The van der Waals surface area contributed by atoms with Crippen LogP contribution >= 0.6 is 11.6 Å². The topological polar surface area (TPSA) is 66.4 Å². The largest absolute Gasteiger partial charge is 0.506 e. The van der Waals surface area contributed by atoms with Crippen molar-refractivity contribution in [3.63, 3.8) is 0 Å². The lowest BCUT2D eigenvalue weighted by Crippen LogP contribution is -2.14. The lowest BCUT2D eigenvalue weighted by atomic mass is 10.2. The highest BCUT2D eigenvalue weighted by Gasteiger charge is 2.31. The maximum absolute atomic E-state index is 12.6. The van der Waals surface area contributed by atoms with Crippen LogP contribution < -0.4 is 4.72 Å². The average molecular weight is 352 g/mol. The predicted octanol–water partition coefficient (Wildman–Crippen LogP) is 3.87. The molecule has 2 N–H and O–H groups in total. The first kappa shape index (κ1) is 16.4. The molecule has 0 saturated heterocycles. The van der Waals surface area contributed by atoms with Gasteiger partial charge in [-0.25, -0.2) is 8.42 Å². The van der Waals surface area contributed by atoms with Gasteiger partial charge in [0.1, 0.15) is 5.75 Å². The highest BCUT2D eigenvalue weighted by atomic mass is 35.5. The maximum atomic E-state index is 12.6. The zero-order chi connectivity index (χ0) is 16.5. The molecule has 0 unspecified atom stereocenters. The molecule has 0 atom stereocenters. The van der Waals surface area contributed by atoms with Gasteiger partial charge >= 0.3 is 6.18 Å². The van der Waals surface area contributed by atoms with E-state index in [-0.39, 0.29) is 10.7 Å². The van der Waals surface area contributed by atoms with Crippen molar-refractivity contribution in [3.8, 4) is 5.75 Å². The summed E-state index contributed by atoms with van der Waals surface area (Å²) in [6, 6.07) is 6.89. The molecule has 0 aliphatic rings. The summed E-state index contributed by atoms with van der Waals surface area (Å²) in [6.45, 7) is 0. The Bertz CT molecular complexity index is 806. The minimum atomic E-state index is -4.66. The van der Waals surface area contributed by atoms with E-state index < -0.39 is 32.4 Å². The number of hydrogen-bond donors (Lipinski definition) is 2. The molecule has 4 nitrogen and oxygen atoms in total. The van der Waals surface area contributed by atoms with Crippen molar-refractivity contribution >= 4 is 27.3 Å². The molecule has 118 valence electrons. The first-order valence-corrected chi connectivity index (χ1v) is 7.64. The molecular formula is C13H9ClF3NO3S. The van der Waals surface area contributed by atoms with Crippen molar-refractivity contribution in [2.45, 2.75) is 11.1 Å². The van der Waals surface area contributed by atoms with Gasteiger partial charge in [0.15, 0.2) is 0 Å². The lowest BCUT2D eigenvalue weighted by molar-refractivity contribution is -0.137. The van der Waals surface area contributed by atoms with Gasteiger partial charge in [0.05, 0.1) is 16.1 Å². The summed E-state index contributed by atoms with van der Waals surface area (Å²) < 4.78 is 64.1. The molecule has 0 radical (unpaired) electrons. The Balaban J connectivity index is 2.41. The molecule has 0 amide bonds. The maximum Gasteiger partial charge on any atom is 0.416 e. The minimum absolute atomic E-state index is 0.152. The van der Waals surface area contributed by atoms with Crippen LogP contribution in [-0.4, -0.2) is 13.5 Å². The van der Waals surface area contributed by atoms with Gasteiger partial charge in [-0.15, -0.1) is 0 Å². The van der Waals surface area contributed by atoms with Crippen molar-refractivity contribution in [1.82, 2.24) is 0 Å². The van der Waals surface area contributed by atoms with Crippen LogP contribution in [0.15, 0.2) is 47.4 Å². The van der Waals surface area contributed by atoms with E-state index in [1.54, 1.807) is 0 Å². The number of phenols is 1. The number of hydrogen-bond acceptors (Lipinski definition) is 3. The third kappa shape index (κ3) is 3.63. The van der Waals surface area contributed by atoms with E-state index in [2.05, 4.69) is 0 Å². The zero-order valence-corrected chi connectivity index (χ0v) is 12.3. The van der Waals surface area contributed by atoms with E-state index in [9.17, 15) is 26.7 Å². The van der Waals surface area contributed by atoms with Crippen molar-refractivity contribution in [2.24, 2.45) is 0 Å². The molecule has 0 saturated carbocycles. The van der Waals surface area contributed by atoms with Crippen LogP contribution in [0.3, 0.4) is 0 Å². The number of phenolic OH excluding ortho intramolecular Hbond substituents is 1. The predicted molar refractivity (Wildman–Crippen MR) is 75.4 cm³/mol. The number of rotatable bonds is 3. The molecular weight excluding hydrogens is 343 g/mol. The Morgan fingerprint density at radius 1 is 1.09 bits per heavy atom. The SMILES string of the molecule is O=S(=O)(Nc1cc(Cl)ccc1O)c1cccc(C(F)(F)F)c1. The Morgan fingerprint density at radius 2 is 1.77 bits per heavy atom. The number of aromatic hydroxyl groups is 1. The standard InChI is InChI=1S/C13H9ClF3NO3S/c14-9-4-5-12(19)11(7-9)18-22(20,21)10-3-1-2-8(6-10)13(15,16)17/h1-7,18-19H. The van der Waals surface area contributed by atoms with Crippen LogP contribution in [0.2, 0.25) is 5.02 Å². The fraction of sp³-hybridized carbons (Fsp3) is 0.0769. The minimum Gasteiger partial charge on any atom is -0.506 e. The summed E-state index contributed by atoms with van der Waals surface area (Å²) in [4.78, 5) is -0.582. The Labute approximate surface area is 129 Å². The summed E-state index contributed by atoms with van der Waals surface area (Å²) >= 11 is 5.68. The number of benzene rings is 2. The molecule has 2 rings (SSSR count). The van der Waals surface area contributed by atoms with Gasteiger partial charge in [-0.1, -0.05) is 17.7 Å². The van der Waals surface area contributed by atoms with Gasteiger partial charge in [0, 0.05) is 5.02 Å². The van der Waals surface area contributed by atoms with Gasteiger partial charge in [0.2, 0.25) is 0 Å². The first-order valence-electron chi connectivity index (χ1n) is 5.78. The van der Waals surface area contributed by atoms with Gasteiger partial charge in [-0.3, -0.25) is 4.72 Å². The highest BCUT2D eigenvalue weighted by molar-refractivity contribution is 7.92. The first-order chi connectivity index (χ1) is 10.1. The number of alkyl halides is 3. The number of anilines is 1. The van der Waals surface area contributed by atoms with Gasteiger partial charge in [-0.05, 0) is 36.4 Å². The van der Waals surface area contributed by atoms with Crippen molar-refractivity contribution in [2.75, 3.05) is 4.72 Å². The summed E-state index contributed by atoms with van der Waals surface area (Å²) in [5.41, 5.74) is -1.32. The second-order valence-corrected chi connectivity index (χ2v) is 6.41. The smallest absolute Gasteiger partial charge is 0.416 e. The van der Waals surface area contributed by atoms with Crippen LogP contribution in [0.4, 0.5) is 18.9 Å². The van der Waals surface area contributed by atoms with Crippen LogP contribution in [0.5, 0.6) is 5.75 Å². The molecule has 0 heterocycles. The normalized spacial score (nSPS) is 12.2. The molecule has 0 bridgehead atoms. The van der Waals surface area contributed by atoms with E-state index in [1.165, 1.54) is 6.07 Å². The molecule has 0 fully saturated rings. The number of sulfonamides is 1. The third-order valence-electron chi connectivity index (χ3n) is 2.67. The lowest BCUT2D eigenvalue weighted by Gasteiger charge is -2.12. The second-order valence-electron chi connectivity index (χ2n) is 4.29. The van der Waals surface area contributed by atoms with Crippen molar-refractivity contribution in [3.05, 3.63) is 53.1 Å². The van der Waals surface area contributed by atoms with Crippen molar-refractivity contribution < 1.29 is 26.7 Å². The fourth-order valence-electron chi connectivity index (χ4n) is 1.63. The highest BCUT2D eigenvalue weighted by Crippen LogP contribution is 2.32. The summed E-state index contributed by atoms with van der Waals surface area (Å²) in [5, 5.41) is 9.72. The van der Waals surface area contributed by atoms with Gasteiger partial charge < -0.3 is 5.11 Å². The number of nitrogens with one attached hydrogen (secondary N) is 1. The quantitative estimate of drug-likeness (QED) is 0.825. The molecule has 2 aromatic rings. The Hall–Kier alpha value is -1.93.